The summed E-state index contributed by atoms with van der Waals surface area (Å²) in [5.41, 5.74) is -4.06. The summed E-state index contributed by atoms with van der Waals surface area (Å²) in [5, 5.41) is 28.1. The van der Waals surface area contributed by atoms with Crippen molar-refractivity contribution in [1.82, 2.24) is 13.9 Å². The van der Waals surface area contributed by atoms with Crippen molar-refractivity contribution in [3.05, 3.63) is 51.3 Å². The van der Waals surface area contributed by atoms with Crippen LogP contribution in [-0.2, 0) is 20.6 Å². The van der Waals surface area contributed by atoms with Crippen LogP contribution in [-0.4, -0.2) is 48.8 Å². The second kappa shape index (κ2) is 12.4. The number of nitrogens with zero attached hydrogens (tertiary/aromatic N) is 5. The minimum atomic E-state index is -1.32. The molecule has 9 atom stereocenters. The number of fused-ring (bicyclic) bond motifs is 8. The molecule has 0 amide bonds. The van der Waals surface area contributed by atoms with Gasteiger partial charge in [0.1, 0.15) is 17.2 Å². The van der Waals surface area contributed by atoms with Crippen molar-refractivity contribution in [2.24, 2.45) is 50.7 Å². The van der Waals surface area contributed by atoms with Crippen LogP contribution in [0.15, 0.2) is 50.2 Å². The molecule has 3 saturated carbocycles. The molecule has 3 aliphatic carbocycles. The summed E-state index contributed by atoms with van der Waals surface area (Å²) < 4.78 is 10.00. The Morgan fingerprint density at radius 3 is 2.27 bits per heavy atom. The Morgan fingerprint density at radius 1 is 0.938 bits per heavy atom. The van der Waals surface area contributed by atoms with Crippen molar-refractivity contribution in [2.45, 2.75) is 123 Å². The second-order valence-electron chi connectivity index (χ2n) is 16.2. The molecule has 0 saturated heterocycles. The van der Waals surface area contributed by atoms with Crippen molar-refractivity contribution in [3.8, 4) is 5.69 Å². The van der Waals surface area contributed by atoms with Crippen molar-refractivity contribution in [3.63, 3.8) is 0 Å². The van der Waals surface area contributed by atoms with Crippen LogP contribution < -0.4 is 11.4 Å². The summed E-state index contributed by atoms with van der Waals surface area (Å²) in [6.07, 6.45) is 10.6. The molecule has 1 aliphatic heterocycles. The predicted octanol–water partition coefficient (Wildman–Crippen LogP) is 6.15. The van der Waals surface area contributed by atoms with Gasteiger partial charge in [0.15, 0.2) is 0 Å². The van der Waals surface area contributed by atoms with E-state index in [0.29, 0.717) is 36.3 Å². The van der Waals surface area contributed by atoms with Crippen LogP contribution in [0.5, 0.6) is 0 Å². The van der Waals surface area contributed by atoms with Gasteiger partial charge in [0.05, 0.1) is 18.1 Å². The van der Waals surface area contributed by atoms with E-state index >= 15 is 4.79 Å². The standard InChI is InChI=1S/C37H53N5O6/c1-24(2)11-10-12-25(3)29-15-16-30-34(29,5)19-18-31-35(6)20-17-28(48-26(4)43)21-36(35,22-38-46)41-32(44)40(27-13-8-7-9-14-27)33(45)42(41)37(30,31)23-39-47/h7-9,13-14,22-25,28-31,46-47H,10-12,15-21H2,1-6H3/t25-,28-,29+,30+,31+,34-,35-,36+,37-/m1/s1. The van der Waals surface area contributed by atoms with Gasteiger partial charge in [-0.3, -0.25) is 4.79 Å². The largest absolute Gasteiger partial charge is 0.462 e. The maximum Gasteiger partial charge on any atom is 0.352 e. The quantitative estimate of drug-likeness (QED) is 0.143. The van der Waals surface area contributed by atoms with Crippen LogP contribution in [0.25, 0.3) is 5.69 Å². The first-order valence-electron chi connectivity index (χ1n) is 17.9. The second-order valence-corrected chi connectivity index (χ2v) is 16.2. The molecule has 262 valence electrons. The molecule has 6 rings (SSSR count). The van der Waals surface area contributed by atoms with Gasteiger partial charge in [-0.25, -0.2) is 23.5 Å². The maximum atomic E-state index is 15.0. The Hall–Kier alpha value is -3.63. The van der Waals surface area contributed by atoms with Crippen LogP contribution in [0.3, 0.4) is 0 Å². The van der Waals surface area contributed by atoms with Crippen LogP contribution in [0, 0.1) is 40.4 Å². The number of carbonyl (C=O) groups excluding carboxylic acids is 1. The number of hydrogen-bond acceptors (Lipinski definition) is 8. The zero-order chi connectivity index (χ0) is 34.6. The van der Waals surface area contributed by atoms with E-state index in [1.165, 1.54) is 35.2 Å². The van der Waals surface area contributed by atoms with Crippen molar-refractivity contribution >= 4 is 18.4 Å². The van der Waals surface area contributed by atoms with Crippen LogP contribution in [0.2, 0.25) is 0 Å². The minimum absolute atomic E-state index is 0.0979. The fraction of sp³-hybridized carbons (Fsp3) is 0.703. The topological polar surface area (TPSA) is 140 Å². The molecule has 0 radical (unpaired) electrons. The van der Waals surface area contributed by atoms with Crippen LogP contribution in [0.1, 0.15) is 106 Å². The summed E-state index contributed by atoms with van der Waals surface area (Å²) in [6, 6.07) is 8.84. The maximum absolute atomic E-state index is 15.0. The molecule has 0 bridgehead atoms. The molecule has 2 heterocycles. The van der Waals surface area contributed by atoms with Crippen LogP contribution in [0.4, 0.5) is 0 Å². The first kappa shape index (κ1) is 34.2. The van der Waals surface area contributed by atoms with Gasteiger partial charge in [0, 0.05) is 18.8 Å². The number of ether oxygens (including phenoxy) is 1. The third-order valence-corrected chi connectivity index (χ3v) is 13.5. The molecule has 0 spiro atoms. The molecule has 4 aliphatic rings. The van der Waals surface area contributed by atoms with E-state index in [1.54, 1.807) is 35.2 Å². The lowest BCUT2D eigenvalue weighted by Crippen LogP contribution is -2.76. The summed E-state index contributed by atoms with van der Waals surface area (Å²) in [5.74, 6) is 0.752. The third-order valence-electron chi connectivity index (χ3n) is 13.5. The monoisotopic (exact) mass is 663 g/mol. The third kappa shape index (κ3) is 4.76. The molecule has 0 unspecified atom stereocenters. The average Bonchev–Trinajstić information content (AvgIpc) is 3.52. The average molecular weight is 664 g/mol. The fourth-order valence-electron chi connectivity index (χ4n) is 11.5. The lowest BCUT2D eigenvalue weighted by Gasteiger charge is -2.67. The lowest BCUT2D eigenvalue weighted by atomic mass is 9.43. The summed E-state index contributed by atoms with van der Waals surface area (Å²) in [7, 11) is 0. The number of esters is 1. The fourth-order valence-corrected chi connectivity index (χ4v) is 11.5. The van der Waals surface area contributed by atoms with Crippen LogP contribution >= 0.6 is 0 Å². The van der Waals surface area contributed by atoms with Crippen molar-refractivity contribution < 1.29 is 19.9 Å². The summed E-state index contributed by atoms with van der Waals surface area (Å²) in [6.45, 7) is 12.7. The van der Waals surface area contributed by atoms with E-state index in [2.05, 4.69) is 44.9 Å². The number of oxime groups is 2. The molecule has 48 heavy (non-hydrogen) atoms. The number of aromatic nitrogens is 3. The highest BCUT2D eigenvalue weighted by Crippen LogP contribution is 2.71. The number of para-hydroxylation sites is 1. The first-order chi connectivity index (χ1) is 22.8. The Balaban J connectivity index is 1.63. The number of rotatable bonds is 9. The van der Waals surface area contributed by atoms with Gasteiger partial charge < -0.3 is 15.2 Å². The first-order valence-corrected chi connectivity index (χ1v) is 17.9. The van der Waals surface area contributed by atoms with E-state index in [4.69, 9.17) is 4.74 Å². The normalized spacial score (nSPS) is 36.5. The molecule has 2 N–H and O–H groups in total. The highest BCUT2D eigenvalue weighted by atomic mass is 16.5. The zero-order valence-corrected chi connectivity index (χ0v) is 29.3. The highest BCUT2D eigenvalue weighted by Gasteiger charge is 2.74. The van der Waals surface area contributed by atoms with Gasteiger partial charge in [-0.1, -0.05) is 82.4 Å². The number of benzene rings is 1. The van der Waals surface area contributed by atoms with Gasteiger partial charge in [-0.2, -0.15) is 0 Å². The molecule has 11 nitrogen and oxygen atoms in total. The van der Waals surface area contributed by atoms with Gasteiger partial charge in [0.2, 0.25) is 0 Å². The van der Waals surface area contributed by atoms with Gasteiger partial charge in [0.25, 0.3) is 0 Å². The zero-order valence-electron chi connectivity index (χ0n) is 29.3. The van der Waals surface area contributed by atoms with E-state index < -0.39 is 39.9 Å². The summed E-state index contributed by atoms with van der Waals surface area (Å²) in [4.78, 5) is 42.2. The number of carbonyl (C=O) groups is 1. The molecule has 1 aromatic heterocycles. The smallest absolute Gasteiger partial charge is 0.352 e. The molecule has 1 aromatic carbocycles. The van der Waals surface area contributed by atoms with E-state index in [0.717, 1.165) is 32.1 Å². The Kier molecular flexibility index (Phi) is 8.82. The lowest BCUT2D eigenvalue weighted by molar-refractivity contribution is -0.181. The molecule has 11 heteroatoms. The van der Waals surface area contributed by atoms with E-state index in [-0.39, 0.29) is 23.7 Å². The predicted molar refractivity (Wildman–Crippen MR) is 183 cm³/mol. The molecular formula is C37H53N5O6. The number of hydrogen-bond donors (Lipinski definition) is 2. The Bertz CT molecular complexity index is 1690. The van der Waals surface area contributed by atoms with Gasteiger partial charge >= 0.3 is 17.3 Å². The van der Waals surface area contributed by atoms with Crippen molar-refractivity contribution in [2.75, 3.05) is 0 Å². The van der Waals surface area contributed by atoms with E-state index in [1.807, 2.05) is 6.07 Å². The minimum Gasteiger partial charge on any atom is -0.462 e. The molecule has 3 fully saturated rings. The van der Waals surface area contributed by atoms with Crippen molar-refractivity contribution in [1.29, 1.82) is 0 Å². The van der Waals surface area contributed by atoms with E-state index in [9.17, 15) is 20.0 Å². The Labute approximate surface area is 282 Å². The SMILES string of the molecule is CC(=O)O[C@@H]1CC[C@]2(C)[C@@H]3CC[C@]4(C)[C@H]([C@H](C)CCCC(C)C)CC[C@@H]4[C@@]3(C=NO)n3c(=O)n(-c4ccccc4)c(=O)n3[C@]2(C=NO)C1. The summed E-state index contributed by atoms with van der Waals surface area (Å²) >= 11 is 0. The Morgan fingerprint density at radius 2 is 1.62 bits per heavy atom. The molecule has 2 aromatic rings. The van der Waals surface area contributed by atoms with Gasteiger partial charge in [-0.15, -0.1) is 0 Å². The molecular weight excluding hydrogens is 610 g/mol. The highest BCUT2D eigenvalue weighted by molar-refractivity contribution is 5.75. The van der Waals surface area contributed by atoms with Gasteiger partial charge in [-0.05, 0) is 85.7 Å².